The van der Waals surface area contributed by atoms with Crippen molar-refractivity contribution >= 4 is 39.2 Å². The van der Waals surface area contributed by atoms with Gasteiger partial charge in [-0.25, -0.2) is 18.7 Å². The van der Waals surface area contributed by atoms with Gasteiger partial charge in [0.05, 0.1) is 17.6 Å². The number of carbonyl (C=O) groups is 1. The molecule has 1 fully saturated rings. The maximum absolute atomic E-state index is 14.1. The molecule has 178 valence electrons. The molecule has 1 saturated heterocycles. The molecule has 0 atom stereocenters. The minimum absolute atomic E-state index is 0.0139. The summed E-state index contributed by atoms with van der Waals surface area (Å²) in [6.45, 7) is 0.482. The highest BCUT2D eigenvalue weighted by molar-refractivity contribution is 7.86. The Bertz CT molecular complexity index is 1430. The molecule has 0 radical (unpaired) electrons. The summed E-state index contributed by atoms with van der Waals surface area (Å²) in [5, 5.41) is 12.8. The fourth-order valence-electron chi connectivity index (χ4n) is 3.80. The van der Waals surface area contributed by atoms with Crippen molar-refractivity contribution in [3.63, 3.8) is 0 Å². The van der Waals surface area contributed by atoms with E-state index in [2.05, 4.69) is 25.3 Å². The summed E-state index contributed by atoms with van der Waals surface area (Å²) in [5.74, 6) is -0.360. The molecular formula is C20H21F2N9O2S. The molecule has 0 spiro atoms. The Morgan fingerprint density at radius 3 is 2.79 bits per heavy atom. The van der Waals surface area contributed by atoms with Crippen LogP contribution in [0.3, 0.4) is 0 Å². The molecule has 1 aliphatic heterocycles. The van der Waals surface area contributed by atoms with E-state index in [0.29, 0.717) is 43.1 Å². The highest BCUT2D eigenvalue weighted by Crippen LogP contribution is 2.23. The molecule has 1 aliphatic rings. The van der Waals surface area contributed by atoms with Crippen LogP contribution in [0.25, 0.3) is 16.6 Å². The molecule has 0 bridgehead atoms. The molecule has 4 aromatic rings. The predicted octanol–water partition coefficient (Wildman–Crippen LogP) is 1.13. The summed E-state index contributed by atoms with van der Waals surface area (Å²) < 4.78 is 40.3. The number of hydrogen-bond donors (Lipinski definition) is 1. The number of aryl methyl sites for hydroxylation is 1. The van der Waals surface area contributed by atoms with Crippen LogP contribution in [0.4, 0.5) is 14.7 Å². The van der Waals surface area contributed by atoms with Crippen molar-refractivity contribution in [3.8, 4) is 0 Å². The number of fused-ring (bicyclic) bond motifs is 3. The molecule has 11 nitrogen and oxygen atoms in total. The van der Waals surface area contributed by atoms with Crippen LogP contribution < -0.4 is 5.73 Å². The predicted molar refractivity (Wildman–Crippen MR) is 119 cm³/mol. The molecule has 1 aromatic carbocycles. The summed E-state index contributed by atoms with van der Waals surface area (Å²) in [6, 6.07) is 1.89. The van der Waals surface area contributed by atoms with Gasteiger partial charge in [-0.05, 0) is 18.9 Å². The van der Waals surface area contributed by atoms with Crippen LogP contribution in [-0.2, 0) is 17.2 Å². The third kappa shape index (κ3) is 4.08. The average molecular weight is 490 g/mol. The number of nitrogens with two attached hydrogens (primary N) is 1. The van der Waals surface area contributed by atoms with Crippen molar-refractivity contribution in [2.24, 2.45) is 0 Å². The molecule has 14 heteroatoms. The summed E-state index contributed by atoms with van der Waals surface area (Å²) in [4.78, 5) is 24.0. The second-order valence-corrected chi connectivity index (χ2v) is 9.72. The van der Waals surface area contributed by atoms with E-state index >= 15 is 0 Å². The highest BCUT2D eigenvalue weighted by atomic mass is 32.2. The summed E-state index contributed by atoms with van der Waals surface area (Å²) in [5.41, 5.74) is 6.30. The third-order valence-electron chi connectivity index (χ3n) is 5.66. The number of amides is 1. The zero-order valence-electron chi connectivity index (χ0n) is 18.2. The van der Waals surface area contributed by atoms with Gasteiger partial charge in [-0.1, -0.05) is 0 Å². The van der Waals surface area contributed by atoms with Gasteiger partial charge >= 0.3 is 0 Å². The Labute approximate surface area is 194 Å². The minimum atomic E-state index is -0.822. The monoisotopic (exact) mass is 489 g/mol. The topological polar surface area (TPSA) is 137 Å². The molecule has 5 rings (SSSR count). The molecular weight excluding hydrogens is 468 g/mol. The van der Waals surface area contributed by atoms with Gasteiger partial charge in [-0.2, -0.15) is 14.4 Å². The van der Waals surface area contributed by atoms with Crippen molar-refractivity contribution in [2.75, 3.05) is 30.8 Å². The van der Waals surface area contributed by atoms with Crippen LogP contribution in [0, 0.1) is 11.6 Å². The number of hydrogen-bond acceptors (Lipinski definition) is 8. The maximum Gasteiger partial charge on any atom is 0.275 e. The molecule has 1 amide bonds. The Morgan fingerprint density at radius 2 is 2.03 bits per heavy atom. The zero-order valence-corrected chi connectivity index (χ0v) is 19.0. The van der Waals surface area contributed by atoms with Gasteiger partial charge < -0.3 is 10.6 Å². The van der Waals surface area contributed by atoms with Crippen molar-refractivity contribution in [3.05, 3.63) is 41.5 Å². The van der Waals surface area contributed by atoms with Crippen molar-refractivity contribution in [2.45, 2.75) is 25.3 Å². The molecule has 2 N–H and O–H groups in total. The van der Waals surface area contributed by atoms with Crippen LogP contribution >= 0.6 is 0 Å². The fourth-order valence-corrected chi connectivity index (χ4v) is 4.83. The lowest BCUT2D eigenvalue weighted by atomic mass is 10.2. The zero-order chi connectivity index (χ0) is 24.0. The minimum Gasteiger partial charge on any atom is -0.368 e. The van der Waals surface area contributed by atoms with Crippen LogP contribution in [0.1, 0.15) is 35.2 Å². The van der Waals surface area contributed by atoms with E-state index in [1.807, 2.05) is 0 Å². The standard InChI is InChI=1S/C20H21F2N9O2S/c1-29(19(32)15-8-24-31(27-15)12-9-34(33)10-12)5-3-2-4-16-25-18-13-6-11(21)7-14(22)17(13)26-20(23)30(18)28-16/h6-8,12H,2-5,9-10H2,1H3,(H2,23,26). The van der Waals surface area contributed by atoms with E-state index in [4.69, 9.17) is 5.73 Å². The quantitative estimate of drug-likeness (QED) is 0.382. The van der Waals surface area contributed by atoms with E-state index in [0.717, 1.165) is 12.1 Å². The van der Waals surface area contributed by atoms with Crippen LogP contribution in [-0.4, -0.2) is 74.7 Å². The Balaban J connectivity index is 1.20. The van der Waals surface area contributed by atoms with Gasteiger partial charge in [0.1, 0.15) is 11.3 Å². The molecule has 0 saturated carbocycles. The first-order valence-electron chi connectivity index (χ1n) is 10.6. The van der Waals surface area contributed by atoms with Gasteiger partial charge in [0.25, 0.3) is 5.91 Å². The second kappa shape index (κ2) is 8.66. The lowest BCUT2D eigenvalue weighted by molar-refractivity contribution is 0.0786. The molecule has 4 heterocycles. The first kappa shape index (κ1) is 22.3. The SMILES string of the molecule is CN(CCCCc1nc2c3cc(F)cc(F)c3nc(N)n2n1)C(=O)c1cnn(C2CS(=O)C2)n1. The Kier molecular flexibility index (Phi) is 5.67. The highest BCUT2D eigenvalue weighted by Gasteiger charge is 2.29. The number of anilines is 1. The number of carbonyl (C=O) groups excluding carboxylic acids is 1. The normalized spacial score (nSPS) is 17.9. The lowest BCUT2D eigenvalue weighted by Gasteiger charge is -2.23. The molecule has 0 unspecified atom stereocenters. The van der Waals surface area contributed by atoms with E-state index < -0.39 is 22.4 Å². The van der Waals surface area contributed by atoms with Crippen molar-refractivity contribution in [1.82, 2.24) is 39.5 Å². The third-order valence-corrected chi connectivity index (χ3v) is 7.18. The average Bonchev–Trinajstić information content (AvgIpc) is 3.43. The van der Waals surface area contributed by atoms with Crippen LogP contribution in [0.15, 0.2) is 18.3 Å². The maximum atomic E-state index is 14.1. The first-order valence-corrected chi connectivity index (χ1v) is 12.1. The van der Waals surface area contributed by atoms with Crippen LogP contribution in [0.5, 0.6) is 0 Å². The largest absolute Gasteiger partial charge is 0.368 e. The van der Waals surface area contributed by atoms with E-state index in [9.17, 15) is 17.8 Å². The number of aromatic nitrogens is 7. The lowest BCUT2D eigenvalue weighted by Crippen LogP contribution is -2.35. The number of rotatable bonds is 7. The van der Waals surface area contributed by atoms with Gasteiger partial charge in [0.15, 0.2) is 23.0 Å². The number of halogens is 2. The van der Waals surface area contributed by atoms with Gasteiger partial charge in [-0.15, -0.1) is 10.2 Å². The van der Waals surface area contributed by atoms with E-state index in [1.165, 1.54) is 15.5 Å². The van der Waals surface area contributed by atoms with E-state index in [-0.39, 0.29) is 40.1 Å². The second-order valence-electron chi connectivity index (χ2n) is 8.18. The van der Waals surface area contributed by atoms with Crippen molar-refractivity contribution < 1.29 is 17.8 Å². The Hall–Kier alpha value is -3.55. The smallest absolute Gasteiger partial charge is 0.275 e. The summed E-state index contributed by atoms with van der Waals surface area (Å²) in [7, 11) is 0.863. The summed E-state index contributed by atoms with van der Waals surface area (Å²) in [6.07, 6.45) is 3.25. The van der Waals surface area contributed by atoms with Gasteiger partial charge in [0.2, 0.25) is 5.95 Å². The number of benzene rings is 1. The first-order chi connectivity index (χ1) is 16.3. The van der Waals surface area contributed by atoms with E-state index in [1.54, 1.807) is 11.9 Å². The fraction of sp³-hybridized carbons (Fsp3) is 0.400. The van der Waals surface area contributed by atoms with Crippen molar-refractivity contribution in [1.29, 1.82) is 0 Å². The Morgan fingerprint density at radius 1 is 1.24 bits per heavy atom. The summed E-state index contributed by atoms with van der Waals surface area (Å²) >= 11 is 0. The van der Waals surface area contributed by atoms with Gasteiger partial charge in [-0.3, -0.25) is 9.00 Å². The van der Waals surface area contributed by atoms with Gasteiger partial charge in [0, 0.05) is 48.4 Å². The number of nitrogens with zero attached hydrogens (tertiary/aromatic N) is 8. The molecule has 0 aliphatic carbocycles. The number of nitrogen functional groups attached to an aromatic ring is 1. The molecule has 3 aromatic heterocycles. The molecule has 34 heavy (non-hydrogen) atoms. The van der Waals surface area contributed by atoms with Crippen LogP contribution in [0.2, 0.25) is 0 Å². The number of unbranched alkanes of at least 4 members (excludes halogenated alkanes) is 1.